The Morgan fingerprint density at radius 1 is 1.25 bits per heavy atom. The predicted octanol–water partition coefficient (Wildman–Crippen LogP) is 5.34. The van der Waals surface area contributed by atoms with Gasteiger partial charge in [0.05, 0.1) is 6.10 Å². The molecule has 1 unspecified atom stereocenters. The van der Waals surface area contributed by atoms with Crippen molar-refractivity contribution in [1.29, 1.82) is 0 Å². The van der Waals surface area contributed by atoms with Crippen LogP contribution < -0.4 is 0 Å². The molecule has 0 spiro atoms. The smallest absolute Gasteiger partial charge is 0.315 e. The lowest BCUT2D eigenvalue weighted by molar-refractivity contribution is -0.150. The van der Waals surface area contributed by atoms with Gasteiger partial charge in [-0.15, -0.1) is 11.3 Å². The molecule has 0 saturated heterocycles. The van der Waals surface area contributed by atoms with E-state index in [1.54, 1.807) is 22.7 Å². The van der Waals surface area contributed by atoms with Gasteiger partial charge in [0.15, 0.2) is 5.78 Å². The number of nitrogens with zero attached hydrogens (tertiary/aromatic N) is 1. The zero-order valence-electron chi connectivity index (χ0n) is 16.2. The molecule has 0 bridgehead atoms. The van der Waals surface area contributed by atoms with E-state index in [0.29, 0.717) is 12.0 Å². The van der Waals surface area contributed by atoms with Crippen LogP contribution in [-0.4, -0.2) is 23.6 Å². The summed E-state index contributed by atoms with van der Waals surface area (Å²) in [7, 11) is 0. The number of Topliss-reactive ketones (excluding diaryl/α,β-unsaturated/α-hetero) is 1. The summed E-state index contributed by atoms with van der Waals surface area (Å²) < 4.78 is 5.53. The molecule has 28 heavy (non-hydrogen) atoms. The van der Waals surface area contributed by atoms with Crippen LogP contribution in [0.4, 0.5) is 0 Å². The third-order valence-corrected chi connectivity index (χ3v) is 7.08. The summed E-state index contributed by atoms with van der Waals surface area (Å²) in [5.41, 5.74) is 3.29. The molecule has 0 fully saturated rings. The fourth-order valence-corrected chi connectivity index (χ4v) is 5.73. The molecule has 0 amide bonds. The van der Waals surface area contributed by atoms with E-state index in [2.05, 4.69) is 6.07 Å². The lowest BCUT2D eigenvalue weighted by Gasteiger charge is -2.36. The molecule has 146 valence electrons. The Bertz CT molecular complexity index is 939. The summed E-state index contributed by atoms with van der Waals surface area (Å²) in [4.78, 5) is 32.2. The summed E-state index contributed by atoms with van der Waals surface area (Å²) in [5, 5.41) is 6.07. The van der Waals surface area contributed by atoms with E-state index in [1.807, 2.05) is 49.0 Å². The van der Waals surface area contributed by atoms with Crippen LogP contribution >= 0.6 is 22.7 Å². The zero-order chi connectivity index (χ0) is 19.8. The first kappa shape index (κ1) is 19.3. The van der Waals surface area contributed by atoms with Gasteiger partial charge in [-0.05, 0) is 61.0 Å². The van der Waals surface area contributed by atoms with Crippen molar-refractivity contribution >= 4 is 40.1 Å². The van der Waals surface area contributed by atoms with Gasteiger partial charge in [0.25, 0.3) is 0 Å². The van der Waals surface area contributed by atoms with Gasteiger partial charge in [0.2, 0.25) is 0 Å². The highest BCUT2D eigenvalue weighted by atomic mass is 32.1. The lowest BCUT2D eigenvalue weighted by Crippen LogP contribution is -2.38. The number of rotatable bonds is 4. The molecule has 2 aromatic heterocycles. The second kappa shape index (κ2) is 7.76. The first-order valence-corrected chi connectivity index (χ1v) is 11.4. The number of thiophene rings is 2. The van der Waals surface area contributed by atoms with E-state index < -0.39 is 5.92 Å². The van der Waals surface area contributed by atoms with Gasteiger partial charge in [-0.2, -0.15) is 11.3 Å². The van der Waals surface area contributed by atoms with Gasteiger partial charge in [-0.1, -0.05) is 6.07 Å². The summed E-state index contributed by atoms with van der Waals surface area (Å²) in [6.45, 7) is 5.57. The number of carbonyl (C=O) groups is 2. The van der Waals surface area contributed by atoms with Crippen molar-refractivity contribution in [3.8, 4) is 0 Å². The Labute approximate surface area is 173 Å². The first-order chi connectivity index (χ1) is 13.5. The molecule has 0 aromatic carbocycles. The van der Waals surface area contributed by atoms with Crippen LogP contribution in [0.15, 0.2) is 50.6 Å². The van der Waals surface area contributed by atoms with Gasteiger partial charge < -0.3 is 4.74 Å². The summed E-state index contributed by atoms with van der Waals surface area (Å²) in [6.07, 6.45) is 1.01. The average molecular weight is 414 g/mol. The maximum Gasteiger partial charge on any atom is 0.315 e. The standard InChI is InChI=1S/C22H23NO3S2/c1-12(2)26-22(25)19-13(3)23-16-9-15(18-5-4-7-28-18)10-17(24)21(16)20(19)14-6-8-27-11-14/h4-8,11-12,15,19-20H,9-10H2,1-3H3/t15-,19?,20+/m1/s1. The molecule has 2 aromatic rings. The van der Waals surface area contributed by atoms with Crippen molar-refractivity contribution in [3.05, 3.63) is 56.1 Å². The Morgan fingerprint density at radius 2 is 2.07 bits per heavy atom. The highest BCUT2D eigenvalue weighted by molar-refractivity contribution is 7.10. The Kier molecular flexibility index (Phi) is 5.34. The van der Waals surface area contributed by atoms with Crippen molar-refractivity contribution in [3.63, 3.8) is 0 Å². The van der Waals surface area contributed by atoms with E-state index in [1.165, 1.54) is 4.88 Å². The van der Waals surface area contributed by atoms with Crippen molar-refractivity contribution < 1.29 is 14.3 Å². The summed E-state index contributed by atoms with van der Waals surface area (Å²) in [6, 6.07) is 6.12. The minimum Gasteiger partial charge on any atom is -0.462 e. The van der Waals surface area contributed by atoms with Crippen LogP contribution in [0.3, 0.4) is 0 Å². The third kappa shape index (κ3) is 3.51. The minimum atomic E-state index is -0.544. The molecule has 1 aliphatic heterocycles. The number of esters is 1. The normalized spacial score (nSPS) is 24.9. The van der Waals surface area contributed by atoms with Gasteiger partial charge in [-0.25, -0.2) is 0 Å². The SMILES string of the molecule is CC1=NC2=C(C(=O)C[C@H](c3cccs3)C2)[C@@H](c2ccsc2)C1C(=O)OC(C)C. The minimum absolute atomic E-state index is 0.106. The van der Waals surface area contributed by atoms with Gasteiger partial charge in [-0.3, -0.25) is 14.6 Å². The molecule has 1 aliphatic carbocycles. The van der Waals surface area contributed by atoms with E-state index in [4.69, 9.17) is 9.73 Å². The molecular weight excluding hydrogens is 390 g/mol. The summed E-state index contributed by atoms with van der Waals surface area (Å²) in [5.74, 6) is -0.869. The van der Waals surface area contributed by atoms with Crippen molar-refractivity contribution in [2.75, 3.05) is 0 Å². The Hall–Kier alpha value is -2.05. The van der Waals surface area contributed by atoms with Crippen molar-refractivity contribution in [2.24, 2.45) is 10.9 Å². The lowest BCUT2D eigenvalue weighted by atomic mass is 9.70. The zero-order valence-corrected chi connectivity index (χ0v) is 17.8. The number of ketones is 1. The number of carbonyl (C=O) groups excluding carboxylic acids is 2. The van der Waals surface area contributed by atoms with Crippen LogP contribution in [0, 0.1) is 5.92 Å². The highest BCUT2D eigenvalue weighted by Crippen LogP contribution is 2.47. The Balaban J connectivity index is 1.77. The number of aliphatic imine (C=N–C) groups is 1. The molecule has 3 heterocycles. The van der Waals surface area contributed by atoms with E-state index in [-0.39, 0.29) is 29.7 Å². The fraction of sp³-hybridized carbons (Fsp3) is 0.409. The quantitative estimate of drug-likeness (QED) is 0.636. The van der Waals surface area contributed by atoms with E-state index >= 15 is 0 Å². The predicted molar refractivity (Wildman–Crippen MR) is 113 cm³/mol. The van der Waals surface area contributed by atoms with Gasteiger partial charge >= 0.3 is 5.97 Å². The third-order valence-electron chi connectivity index (χ3n) is 5.34. The number of hydrogen-bond acceptors (Lipinski definition) is 6. The van der Waals surface area contributed by atoms with Crippen LogP contribution in [0.25, 0.3) is 0 Å². The average Bonchev–Trinajstić information content (AvgIpc) is 3.33. The number of hydrogen-bond donors (Lipinski definition) is 0. The number of allylic oxidation sites excluding steroid dienone is 2. The fourth-order valence-electron chi connectivity index (χ4n) is 4.21. The second-order valence-electron chi connectivity index (χ2n) is 7.65. The molecule has 6 heteroatoms. The van der Waals surface area contributed by atoms with E-state index in [9.17, 15) is 9.59 Å². The first-order valence-electron chi connectivity index (χ1n) is 9.53. The van der Waals surface area contributed by atoms with Crippen LogP contribution in [0.2, 0.25) is 0 Å². The number of ether oxygens (including phenoxy) is 1. The highest BCUT2D eigenvalue weighted by Gasteiger charge is 2.45. The maximum absolute atomic E-state index is 13.3. The second-order valence-corrected chi connectivity index (χ2v) is 9.41. The molecule has 4 rings (SSSR count). The Morgan fingerprint density at radius 3 is 2.71 bits per heavy atom. The van der Waals surface area contributed by atoms with Crippen molar-refractivity contribution in [1.82, 2.24) is 0 Å². The molecule has 3 atom stereocenters. The summed E-state index contributed by atoms with van der Waals surface area (Å²) >= 11 is 3.26. The monoisotopic (exact) mass is 413 g/mol. The van der Waals surface area contributed by atoms with E-state index in [0.717, 1.165) is 23.4 Å². The molecule has 2 aliphatic rings. The topological polar surface area (TPSA) is 55.7 Å². The van der Waals surface area contributed by atoms with Crippen LogP contribution in [-0.2, 0) is 14.3 Å². The maximum atomic E-state index is 13.3. The van der Waals surface area contributed by atoms with Gasteiger partial charge in [0.1, 0.15) is 5.92 Å². The van der Waals surface area contributed by atoms with Gasteiger partial charge in [0, 0.05) is 40.1 Å². The molecule has 0 saturated carbocycles. The molecular formula is C22H23NO3S2. The van der Waals surface area contributed by atoms with Crippen LogP contribution in [0.5, 0.6) is 0 Å². The van der Waals surface area contributed by atoms with Crippen LogP contribution in [0.1, 0.15) is 55.9 Å². The molecule has 0 radical (unpaired) electrons. The molecule has 4 nitrogen and oxygen atoms in total. The molecule has 0 N–H and O–H groups in total. The largest absolute Gasteiger partial charge is 0.462 e. The van der Waals surface area contributed by atoms with Crippen molar-refractivity contribution in [2.45, 2.75) is 51.6 Å².